The first-order chi connectivity index (χ1) is 7.65. The highest BCUT2D eigenvalue weighted by Gasteiger charge is 2.20. The summed E-state index contributed by atoms with van der Waals surface area (Å²) in [5.41, 5.74) is 5.79. The summed E-state index contributed by atoms with van der Waals surface area (Å²) in [6.07, 6.45) is 5.91. The van der Waals surface area contributed by atoms with Gasteiger partial charge >= 0.3 is 0 Å². The fraction of sp³-hybridized carbons (Fsp3) is 0.500. The Hall–Kier alpha value is -0.870. The van der Waals surface area contributed by atoms with Crippen molar-refractivity contribution in [1.82, 2.24) is 0 Å². The van der Waals surface area contributed by atoms with Crippen LogP contribution in [-0.2, 0) is 0 Å². The molecule has 0 unspecified atom stereocenters. The first-order valence-electron chi connectivity index (χ1n) is 5.56. The first-order valence-corrected chi connectivity index (χ1v) is 6.44. The minimum atomic E-state index is -0.366. The van der Waals surface area contributed by atoms with E-state index >= 15 is 0 Å². The third-order valence-corrected chi connectivity index (χ3v) is 3.94. The molecule has 1 saturated carbocycles. The van der Waals surface area contributed by atoms with Crippen molar-refractivity contribution in [3.8, 4) is 0 Å². The molecule has 0 aliphatic heterocycles. The fourth-order valence-corrected chi connectivity index (χ4v) is 2.98. The van der Waals surface area contributed by atoms with Crippen LogP contribution in [0.4, 0.5) is 0 Å². The molecule has 0 aromatic carbocycles. The van der Waals surface area contributed by atoms with Crippen LogP contribution in [0.25, 0.3) is 0 Å². The molecule has 1 fully saturated rings. The lowest BCUT2D eigenvalue weighted by molar-refractivity contribution is 0.100. The van der Waals surface area contributed by atoms with Crippen molar-refractivity contribution >= 4 is 17.2 Å². The highest BCUT2D eigenvalue weighted by molar-refractivity contribution is 7.10. The molecule has 1 aromatic rings. The van der Waals surface area contributed by atoms with E-state index in [4.69, 9.17) is 5.73 Å². The van der Waals surface area contributed by atoms with Crippen LogP contribution < -0.4 is 5.73 Å². The number of primary amides is 1. The molecule has 0 spiro atoms. The smallest absolute Gasteiger partial charge is 0.249 e. The molecule has 1 heterocycles. The Kier molecular flexibility index (Phi) is 3.61. The molecule has 2 rings (SSSR count). The zero-order chi connectivity index (χ0) is 11.5. The van der Waals surface area contributed by atoms with Crippen LogP contribution in [0.5, 0.6) is 0 Å². The number of rotatable bonds is 3. The van der Waals surface area contributed by atoms with Gasteiger partial charge in [-0.2, -0.15) is 0 Å². The van der Waals surface area contributed by atoms with E-state index in [9.17, 15) is 9.90 Å². The number of aliphatic hydroxyl groups is 1. The zero-order valence-electron chi connectivity index (χ0n) is 9.06. The van der Waals surface area contributed by atoms with E-state index in [0.717, 1.165) is 30.6 Å². The summed E-state index contributed by atoms with van der Waals surface area (Å²) in [6.45, 7) is 0. The van der Waals surface area contributed by atoms with E-state index < -0.39 is 0 Å². The van der Waals surface area contributed by atoms with E-state index in [0.29, 0.717) is 11.5 Å². The van der Waals surface area contributed by atoms with Gasteiger partial charge < -0.3 is 10.8 Å². The van der Waals surface area contributed by atoms with Crippen molar-refractivity contribution in [2.75, 3.05) is 0 Å². The Labute approximate surface area is 99.3 Å². The number of carbonyl (C=O) groups excluding carboxylic acids is 1. The molecule has 3 nitrogen and oxygen atoms in total. The monoisotopic (exact) mass is 238 g/mol. The van der Waals surface area contributed by atoms with E-state index in [1.165, 1.54) is 0 Å². The van der Waals surface area contributed by atoms with Gasteiger partial charge in [-0.05, 0) is 37.7 Å². The summed E-state index contributed by atoms with van der Waals surface area (Å²) < 4.78 is 0. The van der Waals surface area contributed by atoms with E-state index in [2.05, 4.69) is 6.42 Å². The maximum absolute atomic E-state index is 10.9. The molecule has 3 N–H and O–H groups in total. The number of amides is 1. The molecule has 1 aliphatic carbocycles. The maximum Gasteiger partial charge on any atom is 0.249 e. The van der Waals surface area contributed by atoms with Gasteiger partial charge in [0.05, 0.1) is 11.7 Å². The van der Waals surface area contributed by atoms with Crippen molar-refractivity contribution in [3.05, 3.63) is 28.3 Å². The largest absolute Gasteiger partial charge is 0.393 e. The number of nitrogens with two attached hydrogens (primary N) is 1. The molecule has 0 bridgehead atoms. The van der Waals surface area contributed by atoms with E-state index in [1.54, 1.807) is 16.7 Å². The Morgan fingerprint density at radius 1 is 1.44 bits per heavy atom. The van der Waals surface area contributed by atoms with Gasteiger partial charge in [-0.3, -0.25) is 4.79 Å². The highest BCUT2D eigenvalue weighted by Crippen LogP contribution is 2.30. The van der Waals surface area contributed by atoms with E-state index in [-0.39, 0.29) is 12.0 Å². The van der Waals surface area contributed by atoms with Crippen molar-refractivity contribution in [2.45, 2.75) is 31.8 Å². The Morgan fingerprint density at radius 2 is 2.12 bits per heavy atom. The predicted octanol–water partition coefficient (Wildman–Crippen LogP) is 1.95. The topological polar surface area (TPSA) is 63.3 Å². The fourth-order valence-electron chi connectivity index (χ4n) is 2.07. The molecule has 1 amide bonds. The second-order valence-electron chi connectivity index (χ2n) is 4.34. The van der Waals surface area contributed by atoms with Gasteiger partial charge in [0.1, 0.15) is 0 Å². The van der Waals surface area contributed by atoms with Crippen LogP contribution in [0.2, 0.25) is 0 Å². The number of hydrogen-bond donors (Lipinski definition) is 2. The SMILES string of the molecule is NC(=O)c1csc([CH]C2CCC(O)CC2)c1. The lowest BCUT2D eigenvalue weighted by Gasteiger charge is -2.24. The van der Waals surface area contributed by atoms with Crippen LogP contribution in [-0.4, -0.2) is 17.1 Å². The molecule has 1 radical (unpaired) electrons. The van der Waals surface area contributed by atoms with Crippen molar-refractivity contribution in [3.63, 3.8) is 0 Å². The summed E-state index contributed by atoms with van der Waals surface area (Å²) in [5.74, 6) is 0.165. The zero-order valence-corrected chi connectivity index (χ0v) is 9.87. The maximum atomic E-state index is 10.9. The van der Waals surface area contributed by atoms with Gasteiger partial charge in [-0.15, -0.1) is 11.3 Å². The standard InChI is InChI=1S/C12H16NO2S/c13-12(15)9-6-11(16-7-9)5-8-1-3-10(14)4-2-8/h5-8,10,14H,1-4H2,(H2,13,15). The third kappa shape index (κ3) is 2.83. The van der Waals surface area contributed by atoms with Crippen molar-refractivity contribution in [1.29, 1.82) is 0 Å². The minimum absolute atomic E-state index is 0.117. The third-order valence-electron chi connectivity index (χ3n) is 3.05. The average molecular weight is 238 g/mol. The summed E-state index contributed by atoms with van der Waals surface area (Å²) in [4.78, 5) is 12.0. The Bertz CT molecular complexity index is 367. The van der Waals surface area contributed by atoms with E-state index in [1.807, 2.05) is 6.07 Å². The molecule has 0 atom stereocenters. The van der Waals surface area contributed by atoms with Gasteiger partial charge in [-0.25, -0.2) is 0 Å². The molecular weight excluding hydrogens is 222 g/mol. The second kappa shape index (κ2) is 4.97. The van der Waals surface area contributed by atoms with Gasteiger partial charge in [0, 0.05) is 16.7 Å². The lowest BCUT2D eigenvalue weighted by atomic mass is 9.85. The van der Waals surface area contributed by atoms with Gasteiger partial charge in [0.2, 0.25) is 5.91 Å². The van der Waals surface area contributed by atoms with Gasteiger partial charge in [0.25, 0.3) is 0 Å². The van der Waals surface area contributed by atoms with Crippen molar-refractivity contribution < 1.29 is 9.90 Å². The Morgan fingerprint density at radius 3 is 2.69 bits per heavy atom. The average Bonchev–Trinajstić information content (AvgIpc) is 2.70. The lowest BCUT2D eigenvalue weighted by Crippen LogP contribution is -2.18. The van der Waals surface area contributed by atoms with Gasteiger partial charge in [-0.1, -0.05) is 0 Å². The summed E-state index contributed by atoms with van der Waals surface area (Å²) in [7, 11) is 0. The molecule has 1 aromatic heterocycles. The second-order valence-corrected chi connectivity index (χ2v) is 5.28. The molecule has 16 heavy (non-hydrogen) atoms. The number of thiophene rings is 1. The molecule has 1 aliphatic rings. The molecule has 0 saturated heterocycles. The summed E-state index contributed by atoms with van der Waals surface area (Å²) in [5, 5.41) is 11.2. The summed E-state index contributed by atoms with van der Waals surface area (Å²) >= 11 is 1.55. The highest BCUT2D eigenvalue weighted by atomic mass is 32.1. The number of hydrogen-bond acceptors (Lipinski definition) is 3. The predicted molar refractivity (Wildman–Crippen MR) is 64.2 cm³/mol. The van der Waals surface area contributed by atoms with Gasteiger partial charge in [0.15, 0.2) is 0 Å². The van der Waals surface area contributed by atoms with Crippen LogP contribution >= 0.6 is 11.3 Å². The number of carbonyl (C=O) groups is 1. The van der Waals surface area contributed by atoms with Crippen LogP contribution in [0.3, 0.4) is 0 Å². The van der Waals surface area contributed by atoms with Crippen molar-refractivity contribution in [2.24, 2.45) is 11.7 Å². The molecule has 87 valence electrons. The number of aliphatic hydroxyl groups excluding tert-OH is 1. The molecule has 4 heteroatoms. The summed E-state index contributed by atoms with van der Waals surface area (Å²) in [6, 6.07) is 1.85. The minimum Gasteiger partial charge on any atom is -0.393 e. The first kappa shape index (κ1) is 11.6. The normalized spacial score (nSPS) is 25.6. The van der Waals surface area contributed by atoms with Crippen LogP contribution in [0.15, 0.2) is 11.4 Å². The molecular formula is C12H16NO2S. The van der Waals surface area contributed by atoms with Crippen LogP contribution in [0.1, 0.15) is 40.9 Å². The quantitative estimate of drug-likeness (QED) is 0.845. The Balaban J connectivity index is 1.91. The van der Waals surface area contributed by atoms with Crippen LogP contribution in [0, 0.1) is 12.3 Å².